The molecule has 0 saturated heterocycles. The number of hydrogen-bond donors (Lipinski definition) is 1. The number of fused-ring (bicyclic) bond motifs is 1. The maximum absolute atomic E-state index is 11.5. The van der Waals surface area contributed by atoms with Crippen LogP contribution in [0.25, 0.3) is 16.5 Å². The molecule has 21 heavy (non-hydrogen) atoms. The topological polar surface area (TPSA) is 72.2 Å². The molecule has 0 aliphatic carbocycles. The van der Waals surface area contributed by atoms with Gasteiger partial charge in [0.2, 0.25) is 11.1 Å². The average Bonchev–Trinajstić information content (AvgIpc) is 2.48. The largest absolute Gasteiger partial charge is 0.476 e. The molecule has 0 bridgehead atoms. The minimum Gasteiger partial charge on any atom is -0.476 e. The standard InChI is InChI=1S/C15H9BrN2O3/c16-11-5-6-12(10-4-2-1-3-9(10)11)18-8-7-13(19)14(17-18)15(20)21/h1-8H,(H,20,21). The molecule has 2 aromatic carbocycles. The van der Waals surface area contributed by atoms with E-state index < -0.39 is 17.1 Å². The SMILES string of the molecule is O=C(O)c1nn(-c2ccc(Br)c3ccccc23)ccc1=O. The summed E-state index contributed by atoms with van der Waals surface area (Å²) in [7, 11) is 0. The zero-order chi connectivity index (χ0) is 15.0. The van der Waals surface area contributed by atoms with E-state index in [-0.39, 0.29) is 0 Å². The highest BCUT2D eigenvalue weighted by Crippen LogP contribution is 2.28. The Balaban J connectivity index is 2.31. The first-order valence-corrected chi connectivity index (χ1v) is 6.88. The molecule has 1 heterocycles. The Morgan fingerprint density at radius 1 is 1.10 bits per heavy atom. The Bertz CT molecular complexity index is 918. The van der Waals surface area contributed by atoms with Crippen LogP contribution in [0.1, 0.15) is 10.5 Å². The van der Waals surface area contributed by atoms with Crippen LogP contribution < -0.4 is 5.43 Å². The molecule has 0 unspecified atom stereocenters. The van der Waals surface area contributed by atoms with Gasteiger partial charge in [0.05, 0.1) is 5.69 Å². The zero-order valence-electron chi connectivity index (χ0n) is 10.7. The van der Waals surface area contributed by atoms with Crippen LogP contribution in [-0.2, 0) is 0 Å². The van der Waals surface area contributed by atoms with Crippen molar-refractivity contribution in [3.05, 3.63) is 69.1 Å². The zero-order valence-corrected chi connectivity index (χ0v) is 12.2. The van der Waals surface area contributed by atoms with Gasteiger partial charge < -0.3 is 5.11 Å². The Morgan fingerprint density at radius 2 is 1.81 bits per heavy atom. The van der Waals surface area contributed by atoms with Crippen LogP contribution in [-0.4, -0.2) is 20.9 Å². The van der Waals surface area contributed by atoms with Gasteiger partial charge in [-0.2, -0.15) is 5.10 Å². The van der Waals surface area contributed by atoms with E-state index in [4.69, 9.17) is 5.11 Å². The van der Waals surface area contributed by atoms with E-state index >= 15 is 0 Å². The number of carbonyl (C=O) groups is 1. The highest BCUT2D eigenvalue weighted by atomic mass is 79.9. The molecule has 0 fully saturated rings. The first kappa shape index (κ1) is 13.5. The maximum atomic E-state index is 11.5. The van der Waals surface area contributed by atoms with Crippen LogP contribution in [0.2, 0.25) is 0 Å². The molecule has 0 radical (unpaired) electrons. The first-order valence-electron chi connectivity index (χ1n) is 6.09. The molecule has 0 amide bonds. The van der Waals surface area contributed by atoms with Crippen molar-refractivity contribution in [2.24, 2.45) is 0 Å². The molecule has 1 aromatic heterocycles. The van der Waals surface area contributed by atoms with Crippen LogP contribution in [0, 0.1) is 0 Å². The normalized spacial score (nSPS) is 10.7. The van der Waals surface area contributed by atoms with Crippen molar-refractivity contribution in [1.29, 1.82) is 0 Å². The molecule has 1 N–H and O–H groups in total. The minimum atomic E-state index is -1.34. The Hall–Kier alpha value is -2.47. The van der Waals surface area contributed by atoms with Gasteiger partial charge in [0.15, 0.2) is 0 Å². The summed E-state index contributed by atoms with van der Waals surface area (Å²) in [5, 5.41) is 14.8. The van der Waals surface area contributed by atoms with E-state index in [0.717, 1.165) is 15.2 Å². The van der Waals surface area contributed by atoms with E-state index in [1.54, 1.807) is 0 Å². The lowest BCUT2D eigenvalue weighted by atomic mass is 10.1. The fourth-order valence-corrected chi connectivity index (χ4v) is 2.61. The van der Waals surface area contributed by atoms with Crippen LogP contribution in [0.4, 0.5) is 0 Å². The Kier molecular flexibility index (Phi) is 3.31. The van der Waals surface area contributed by atoms with Gasteiger partial charge in [-0.15, -0.1) is 0 Å². The van der Waals surface area contributed by atoms with Crippen molar-refractivity contribution in [2.45, 2.75) is 0 Å². The summed E-state index contributed by atoms with van der Waals surface area (Å²) < 4.78 is 2.33. The van der Waals surface area contributed by atoms with E-state index in [9.17, 15) is 9.59 Å². The summed E-state index contributed by atoms with van der Waals surface area (Å²) in [6, 6.07) is 12.5. The van der Waals surface area contributed by atoms with E-state index in [2.05, 4.69) is 21.0 Å². The number of carboxylic acids is 1. The maximum Gasteiger partial charge on any atom is 0.360 e. The lowest BCUT2D eigenvalue weighted by molar-refractivity contribution is 0.0687. The molecule has 3 rings (SSSR count). The van der Waals surface area contributed by atoms with Crippen LogP contribution in [0.3, 0.4) is 0 Å². The second-order valence-corrected chi connectivity index (χ2v) is 5.24. The Morgan fingerprint density at radius 3 is 2.52 bits per heavy atom. The predicted molar refractivity (Wildman–Crippen MR) is 82.0 cm³/mol. The average molecular weight is 345 g/mol. The number of hydrogen-bond acceptors (Lipinski definition) is 3. The van der Waals surface area contributed by atoms with Crippen LogP contribution in [0.5, 0.6) is 0 Å². The van der Waals surface area contributed by atoms with Gasteiger partial charge in [-0.05, 0) is 17.5 Å². The molecular formula is C15H9BrN2O3. The van der Waals surface area contributed by atoms with Crippen molar-refractivity contribution in [2.75, 3.05) is 0 Å². The molecule has 0 aliphatic heterocycles. The molecule has 104 valence electrons. The van der Waals surface area contributed by atoms with E-state index in [0.29, 0.717) is 5.69 Å². The summed E-state index contributed by atoms with van der Waals surface area (Å²) in [5.74, 6) is -1.34. The highest BCUT2D eigenvalue weighted by molar-refractivity contribution is 9.10. The number of benzene rings is 2. The first-order chi connectivity index (χ1) is 10.1. The number of halogens is 1. The quantitative estimate of drug-likeness (QED) is 0.775. The highest BCUT2D eigenvalue weighted by Gasteiger charge is 2.12. The monoisotopic (exact) mass is 344 g/mol. The molecule has 5 nitrogen and oxygen atoms in total. The van der Waals surface area contributed by atoms with Gasteiger partial charge in [-0.3, -0.25) is 4.79 Å². The lowest BCUT2D eigenvalue weighted by Gasteiger charge is -2.10. The minimum absolute atomic E-state index is 0.496. The Labute approximate surface area is 127 Å². The van der Waals surface area contributed by atoms with Crippen molar-refractivity contribution >= 4 is 32.7 Å². The van der Waals surface area contributed by atoms with Gasteiger partial charge >= 0.3 is 5.97 Å². The van der Waals surface area contributed by atoms with Gasteiger partial charge in [0, 0.05) is 22.1 Å². The van der Waals surface area contributed by atoms with Gasteiger partial charge in [0.25, 0.3) is 0 Å². The summed E-state index contributed by atoms with van der Waals surface area (Å²) in [4.78, 5) is 22.5. The predicted octanol–water partition coefficient (Wildman–Crippen LogP) is 2.85. The summed E-state index contributed by atoms with van der Waals surface area (Å²) >= 11 is 3.48. The number of rotatable bonds is 2. The second-order valence-electron chi connectivity index (χ2n) is 4.39. The second kappa shape index (κ2) is 5.14. The summed E-state index contributed by atoms with van der Waals surface area (Å²) in [6.45, 7) is 0. The lowest BCUT2D eigenvalue weighted by Crippen LogP contribution is -2.20. The molecule has 0 spiro atoms. The number of aromatic carboxylic acids is 1. The van der Waals surface area contributed by atoms with Crippen LogP contribution >= 0.6 is 15.9 Å². The summed E-state index contributed by atoms with van der Waals surface area (Å²) in [6.07, 6.45) is 1.46. The molecule has 3 aromatic rings. The third-order valence-corrected chi connectivity index (χ3v) is 3.80. The van der Waals surface area contributed by atoms with Crippen LogP contribution in [0.15, 0.2) is 57.9 Å². The van der Waals surface area contributed by atoms with E-state index in [1.165, 1.54) is 16.9 Å². The van der Waals surface area contributed by atoms with Crippen molar-refractivity contribution in [3.8, 4) is 5.69 Å². The number of carboxylic acid groups (broad SMARTS) is 1. The van der Waals surface area contributed by atoms with Crippen molar-refractivity contribution in [3.63, 3.8) is 0 Å². The summed E-state index contributed by atoms with van der Waals surface area (Å²) in [5.41, 5.74) is -0.402. The van der Waals surface area contributed by atoms with Gasteiger partial charge in [-0.1, -0.05) is 40.2 Å². The fraction of sp³-hybridized carbons (Fsp3) is 0. The molecule has 6 heteroatoms. The number of nitrogens with zero attached hydrogens (tertiary/aromatic N) is 2. The molecular weight excluding hydrogens is 336 g/mol. The smallest absolute Gasteiger partial charge is 0.360 e. The van der Waals surface area contributed by atoms with Gasteiger partial charge in [-0.25, -0.2) is 9.48 Å². The third kappa shape index (κ3) is 2.34. The fourth-order valence-electron chi connectivity index (χ4n) is 2.14. The molecule has 0 atom stereocenters. The molecule has 0 saturated carbocycles. The van der Waals surface area contributed by atoms with E-state index in [1.807, 2.05) is 36.4 Å². The van der Waals surface area contributed by atoms with Crippen molar-refractivity contribution < 1.29 is 9.90 Å². The molecule has 0 aliphatic rings. The van der Waals surface area contributed by atoms with Crippen molar-refractivity contribution in [1.82, 2.24) is 9.78 Å². The van der Waals surface area contributed by atoms with Gasteiger partial charge in [0.1, 0.15) is 0 Å². The third-order valence-electron chi connectivity index (χ3n) is 3.11. The number of aromatic nitrogens is 2.